The first kappa shape index (κ1) is 33.3. The van der Waals surface area contributed by atoms with Crippen LogP contribution in [0.25, 0.3) is 0 Å². The molecule has 0 unspecified atom stereocenters. The highest BCUT2D eigenvalue weighted by Crippen LogP contribution is 2.25. The summed E-state index contributed by atoms with van der Waals surface area (Å²) < 4.78 is 5.97. The molecular weight excluding hydrogens is 568 g/mol. The number of anilines is 1. The van der Waals surface area contributed by atoms with Crippen LogP contribution in [0.1, 0.15) is 102 Å². The van der Waals surface area contributed by atoms with Gasteiger partial charge in [-0.15, -0.1) is 28.7 Å². The molecule has 1 heterocycles. The molecule has 216 valence electrons. The van der Waals surface area contributed by atoms with Crippen molar-refractivity contribution in [1.29, 1.82) is 0 Å². The summed E-state index contributed by atoms with van der Waals surface area (Å²) in [6, 6.07) is 16.1. The standard InChI is InChI=1S/C33H48N2O2S.BrH/c1-3-4-5-6-7-8-9-10-11-12-13-14-22-37-32-17-15-16-30(23-32)24-33(36)34-31-20-18-29(19-21-31)25-35-27-38-26-28(35)2;/h15-21,23,26H,3-14,22,24-25,27H2,1-2H3,(H,34,36);1H. The molecule has 0 bridgehead atoms. The van der Waals surface area contributed by atoms with Crippen LogP contribution in [0.4, 0.5) is 5.69 Å². The van der Waals surface area contributed by atoms with Crippen LogP contribution in [0, 0.1) is 0 Å². The number of ether oxygens (including phenoxy) is 1. The lowest BCUT2D eigenvalue weighted by atomic mass is 10.1. The minimum atomic E-state index is -0.00872. The van der Waals surface area contributed by atoms with Crippen molar-refractivity contribution in [3.05, 3.63) is 70.8 Å². The van der Waals surface area contributed by atoms with Crippen molar-refractivity contribution < 1.29 is 9.53 Å². The normalized spacial score (nSPS) is 12.7. The van der Waals surface area contributed by atoms with Crippen LogP contribution < -0.4 is 10.1 Å². The smallest absolute Gasteiger partial charge is 0.228 e. The van der Waals surface area contributed by atoms with Gasteiger partial charge in [0.25, 0.3) is 0 Å². The molecule has 0 saturated heterocycles. The van der Waals surface area contributed by atoms with Crippen molar-refractivity contribution in [2.24, 2.45) is 0 Å². The molecule has 1 N–H and O–H groups in total. The summed E-state index contributed by atoms with van der Waals surface area (Å²) in [6.07, 6.45) is 16.4. The molecule has 39 heavy (non-hydrogen) atoms. The Bertz CT molecular complexity index is 980. The molecule has 0 fully saturated rings. The van der Waals surface area contributed by atoms with Crippen molar-refractivity contribution in [3.8, 4) is 5.75 Å². The van der Waals surface area contributed by atoms with Gasteiger partial charge in [-0.25, -0.2) is 0 Å². The quantitative estimate of drug-likeness (QED) is 0.159. The second-order valence-electron chi connectivity index (χ2n) is 10.6. The van der Waals surface area contributed by atoms with Gasteiger partial charge in [0.1, 0.15) is 5.75 Å². The fraction of sp³-hybridized carbons (Fsp3) is 0.545. The molecule has 0 aromatic heterocycles. The summed E-state index contributed by atoms with van der Waals surface area (Å²) in [6.45, 7) is 6.06. The van der Waals surface area contributed by atoms with Crippen molar-refractivity contribution in [3.63, 3.8) is 0 Å². The van der Waals surface area contributed by atoms with Gasteiger partial charge < -0.3 is 15.0 Å². The number of hydrogen-bond donors (Lipinski definition) is 1. The summed E-state index contributed by atoms with van der Waals surface area (Å²) in [5.74, 6) is 1.85. The number of amides is 1. The number of unbranched alkanes of at least 4 members (excludes halogenated alkanes) is 11. The first-order valence-electron chi connectivity index (χ1n) is 14.8. The average Bonchev–Trinajstić information content (AvgIpc) is 3.32. The number of nitrogens with one attached hydrogen (secondary N) is 1. The van der Waals surface area contributed by atoms with Gasteiger partial charge in [0.2, 0.25) is 5.91 Å². The predicted octanol–water partition coefficient (Wildman–Crippen LogP) is 9.89. The molecule has 0 radical (unpaired) electrons. The predicted molar refractivity (Wildman–Crippen MR) is 174 cm³/mol. The topological polar surface area (TPSA) is 41.6 Å². The van der Waals surface area contributed by atoms with Crippen LogP contribution in [0.5, 0.6) is 5.75 Å². The lowest BCUT2D eigenvalue weighted by molar-refractivity contribution is -0.115. The van der Waals surface area contributed by atoms with E-state index >= 15 is 0 Å². The van der Waals surface area contributed by atoms with Crippen LogP contribution in [0.3, 0.4) is 0 Å². The highest BCUT2D eigenvalue weighted by molar-refractivity contribution is 8.93. The maximum Gasteiger partial charge on any atom is 0.228 e. The van der Waals surface area contributed by atoms with E-state index in [2.05, 4.69) is 41.6 Å². The lowest BCUT2D eigenvalue weighted by Gasteiger charge is -2.19. The van der Waals surface area contributed by atoms with Crippen LogP contribution in [-0.4, -0.2) is 23.3 Å². The third-order valence-electron chi connectivity index (χ3n) is 7.12. The van der Waals surface area contributed by atoms with Crippen molar-refractivity contribution in [1.82, 2.24) is 4.90 Å². The molecule has 1 aliphatic rings. The van der Waals surface area contributed by atoms with Gasteiger partial charge >= 0.3 is 0 Å². The third kappa shape index (κ3) is 13.8. The van der Waals surface area contributed by atoms with E-state index in [0.29, 0.717) is 6.42 Å². The summed E-state index contributed by atoms with van der Waals surface area (Å²) in [4.78, 5) is 15.0. The fourth-order valence-electron chi connectivity index (χ4n) is 4.78. The molecule has 6 heteroatoms. The van der Waals surface area contributed by atoms with E-state index in [9.17, 15) is 4.79 Å². The number of hydrogen-bond acceptors (Lipinski definition) is 4. The second-order valence-corrected chi connectivity index (χ2v) is 11.4. The highest BCUT2D eigenvalue weighted by atomic mass is 79.9. The van der Waals surface area contributed by atoms with Crippen LogP contribution in [0.2, 0.25) is 0 Å². The Morgan fingerprint density at radius 2 is 1.51 bits per heavy atom. The van der Waals surface area contributed by atoms with Crippen LogP contribution in [-0.2, 0) is 17.8 Å². The first-order chi connectivity index (χ1) is 18.6. The van der Waals surface area contributed by atoms with Crippen LogP contribution in [0.15, 0.2) is 59.6 Å². The van der Waals surface area contributed by atoms with Gasteiger partial charge in [0.15, 0.2) is 0 Å². The number of allylic oxidation sites excluding steroid dienone is 1. The molecule has 1 aliphatic heterocycles. The van der Waals surface area contributed by atoms with E-state index in [1.54, 1.807) is 0 Å². The molecule has 0 atom stereocenters. The van der Waals surface area contributed by atoms with E-state index in [0.717, 1.165) is 42.4 Å². The SMILES string of the molecule is Br.CCCCCCCCCCCCCCOc1cccc(CC(=O)Nc2ccc(CN3CSC=C3C)cc2)c1. The van der Waals surface area contributed by atoms with E-state index in [4.69, 9.17) is 4.74 Å². The number of benzene rings is 2. The van der Waals surface area contributed by atoms with Gasteiger partial charge in [-0.3, -0.25) is 4.79 Å². The summed E-state index contributed by atoms with van der Waals surface area (Å²) in [5, 5.41) is 5.23. The maximum absolute atomic E-state index is 12.6. The largest absolute Gasteiger partial charge is 0.494 e. The minimum absolute atomic E-state index is 0. The average molecular weight is 618 g/mol. The molecule has 2 aromatic carbocycles. The molecule has 4 nitrogen and oxygen atoms in total. The zero-order valence-electron chi connectivity index (χ0n) is 24.1. The monoisotopic (exact) mass is 616 g/mol. The Hall–Kier alpha value is -1.92. The number of carbonyl (C=O) groups is 1. The van der Waals surface area contributed by atoms with Gasteiger partial charge in [-0.2, -0.15) is 0 Å². The Kier molecular flexibility index (Phi) is 17.1. The zero-order chi connectivity index (χ0) is 26.8. The summed E-state index contributed by atoms with van der Waals surface area (Å²) in [5.41, 5.74) is 4.37. The molecule has 3 rings (SSSR count). The van der Waals surface area contributed by atoms with Crippen molar-refractivity contribution in [2.45, 2.75) is 104 Å². The van der Waals surface area contributed by atoms with Gasteiger partial charge in [-0.1, -0.05) is 102 Å². The third-order valence-corrected chi connectivity index (χ3v) is 8.09. The van der Waals surface area contributed by atoms with Gasteiger partial charge in [-0.05, 0) is 54.1 Å². The first-order valence-corrected chi connectivity index (χ1v) is 15.8. The Labute approximate surface area is 252 Å². The molecule has 1 amide bonds. The molecular formula is C33H49BrN2O2S. The van der Waals surface area contributed by atoms with E-state index in [1.807, 2.05) is 48.2 Å². The maximum atomic E-state index is 12.6. The number of nitrogens with zero attached hydrogens (tertiary/aromatic N) is 1. The van der Waals surface area contributed by atoms with Gasteiger partial charge in [0.05, 0.1) is 18.9 Å². The van der Waals surface area contributed by atoms with E-state index in [1.165, 1.54) is 81.9 Å². The molecule has 0 spiro atoms. The number of halogens is 1. The minimum Gasteiger partial charge on any atom is -0.494 e. The number of thioether (sulfide) groups is 1. The second kappa shape index (κ2) is 20.0. The summed E-state index contributed by atoms with van der Waals surface area (Å²) in [7, 11) is 0. The Morgan fingerprint density at radius 1 is 0.872 bits per heavy atom. The number of carbonyl (C=O) groups excluding carboxylic acids is 1. The van der Waals surface area contributed by atoms with Crippen molar-refractivity contribution in [2.75, 3.05) is 17.8 Å². The lowest BCUT2D eigenvalue weighted by Crippen LogP contribution is -2.17. The summed E-state index contributed by atoms with van der Waals surface area (Å²) >= 11 is 1.83. The fourth-order valence-corrected chi connectivity index (χ4v) is 5.72. The highest BCUT2D eigenvalue weighted by Gasteiger charge is 2.12. The van der Waals surface area contributed by atoms with Crippen LogP contribution >= 0.6 is 28.7 Å². The van der Waals surface area contributed by atoms with E-state index < -0.39 is 0 Å². The molecule has 0 aliphatic carbocycles. The Morgan fingerprint density at radius 3 is 2.13 bits per heavy atom. The molecule has 2 aromatic rings. The van der Waals surface area contributed by atoms with Crippen molar-refractivity contribution >= 4 is 40.3 Å². The molecule has 0 saturated carbocycles. The van der Waals surface area contributed by atoms with Gasteiger partial charge in [0, 0.05) is 17.9 Å². The zero-order valence-corrected chi connectivity index (χ0v) is 26.6. The van der Waals surface area contributed by atoms with E-state index in [-0.39, 0.29) is 22.9 Å². The number of rotatable bonds is 19. The Balaban J connectivity index is 0.00000533.